The first kappa shape index (κ1) is 18.5. The third-order valence-corrected chi connectivity index (χ3v) is 5.40. The van der Waals surface area contributed by atoms with Crippen molar-refractivity contribution in [3.8, 4) is 5.75 Å². The summed E-state index contributed by atoms with van der Waals surface area (Å²) in [5, 5.41) is 5.62. The molecule has 2 N–H and O–H groups in total. The molecule has 1 saturated heterocycles. The summed E-state index contributed by atoms with van der Waals surface area (Å²) in [6.07, 6.45) is 0.956. The molecule has 1 fully saturated rings. The highest BCUT2D eigenvalue weighted by molar-refractivity contribution is 6.02. The molecular formula is C22H24N2O4. The second kappa shape index (κ2) is 8.02. The molecule has 0 bridgehead atoms. The average Bonchev–Trinajstić information content (AvgIpc) is 3.41. The van der Waals surface area contributed by atoms with Crippen molar-refractivity contribution >= 4 is 11.8 Å². The lowest BCUT2D eigenvalue weighted by Gasteiger charge is -2.14. The van der Waals surface area contributed by atoms with Crippen molar-refractivity contribution < 1.29 is 19.1 Å². The SMILES string of the molecule is CNC(=O)c1cc(C(=O)NCC2CCOC2)cc2c1OCC2c1ccccc1. The van der Waals surface area contributed by atoms with Gasteiger partial charge in [0, 0.05) is 43.2 Å². The number of nitrogens with one attached hydrogen (secondary N) is 2. The molecule has 2 amide bonds. The Morgan fingerprint density at radius 1 is 1.11 bits per heavy atom. The fourth-order valence-corrected chi connectivity index (χ4v) is 3.81. The zero-order valence-electron chi connectivity index (χ0n) is 15.9. The Balaban J connectivity index is 1.66. The molecule has 4 rings (SSSR count). The molecule has 2 aromatic carbocycles. The Hall–Kier alpha value is -2.86. The maximum Gasteiger partial charge on any atom is 0.254 e. The van der Waals surface area contributed by atoms with E-state index in [4.69, 9.17) is 9.47 Å². The van der Waals surface area contributed by atoms with Gasteiger partial charge < -0.3 is 20.1 Å². The molecule has 0 aliphatic carbocycles. The molecule has 146 valence electrons. The molecule has 2 aliphatic rings. The predicted octanol–water partition coefficient (Wildman–Crippen LogP) is 2.34. The van der Waals surface area contributed by atoms with Crippen LogP contribution < -0.4 is 15.4 Å². The van der Waals surface area contributed by atoms with E-state index in [0.29, 0.717) is 42.6 Å². The Morgan fingerprint density at radius 2 is 1.93 bits per heavy atom. The van der Waals surface area contributed by atoms with E-state index in [0.717, 1.165) is 24.2 Å². The van der Waals surface area contributed by atoms with Crippen molar-refractivity contribution in [1.82, 2.24) is 10.6 Å². The average molecular weight is 380 g/mol. The zero-order valence-corrected chi connectivity index (χ0v) is 15.9. The van der Waals surface area contributed by atoms with Gasteiger partial charge in [0.2, 0.25) is 0 Å². The maximum atomic E-state index is 12.8. The van der Waals surface area contributed by atoms with Gasteiger partial charge in [-0.05, 0) is 24.1 Å². The minimum absolute atomic E-state index is 0.00408. The van der Waals surface area contributed by atoms with Crippen LogP contribution in [0.4, 0.5) is 0 Å². The number of ether oxygens (including phenoxy) is 2. The summed E-state index contributed by atoms with van der Waals surface area (Å²) >= 11 is 0. The highest BCUT2D eigenvalue weighted by atomic mass is 16.5. The number of carbonyl (C=O) groups is 2. The number of hydrogen-bond acceptors (Lipinski definition) is 4. The lowest BCUT2D eigenvalue weighted by Crippen LogP contribution is -2.30. The normalized spacial score (nSPS) is 20.3. The van der Waals surface area contributed by atoms with Gasteiger partial charge in [-0.25, -0.2) is 0 Å². The summed E-state index contributed by atoms with van der Waals surface area (Å²) in [6.45, 7) is 2.45. The van der Waals surface area contributed by atoms with Gasteiger partial charge in [0.25, 0.3) is 11.8 Å². The van der Waals surface area contributed by atoms with Gasteiger partial charge in [-0.3, -0.25) is 9.59 Å². The summed E-state index contributed by atoms with van der Waals surface area (Å²) in [5.74, 6) is 0.462. The van der Waals surface area contributed by atoms with Crippen LogP contribution in [0.1, 0.15) is 44.2 Å². The number of rotatable bonds is 5. The van der Waals surface area contributed by atoms with Crippen LogP contribution >= 0.6 is 0 Å². The minimum Gasteiger partial charge on any atom is -0.491 e. The summed E-state index contributed by atoms with van der Waals surface area (Å²) in [4.78, 5) is 25.2. The molecular weight excluding hydrogens is 356 g/mol. The fraction of sp³-hybridized carbons (Fsp3) is 0.364. The van der Waals surface area contributed by atoms with Crippen molar-refractivity contribution in [3.63, 3.8) is 0 Å². The van der Waals surface area contributed by atoms with Crippen molar-refractivity contribution in [2.24, 2.45) is 5.92 Å². The highest BCUT2D eigenvalue weighted by Crippen LogP contribution is 2.41. The molecule has 0 saturated carbocycles. The van der Waals surface area contributed by atoms with E-state index in [9.17, 15) is 9.59 Å². The van der Waals surface area contributed by atoms with Gasteiger partial charge in [-0.15, -0.1) is 0 Å². The summed E-state index contributed by atoms with van der Waals surface area (Å²) in [7, 11) is 1.57. The van der Waals surface area contributed by atoms with Crippen LogP contribution in [0.3, 0.4) is 0 Å². The molecule has 0 spiro atoms. The molecule has 0 radical (unpaired) electrons. The third kappa shape index (κ3) is 3.60. The lowest BCUT2D eigenvalue weighted by atomic mass is 9.90. The fourth-order valence-electron chi connectivity index (χ4n) is 3.81. The Morgan fingerprint density at radius 3 is 2.64 bits per heavy atom. The summed E-state index contributed by atoms with van der Waals surface area (Å²) in [6, 6.07) is 13.5. The standard InChI is InChI=1S/C22H24N2O4/c1-23-22(26)18-10-16(21(25)24-11-14-7-8-27-12-14)9-17-19(13-28-20(17)18)15-5-3-2-4-6-15/h2-6,9-10,14,19H,7-8,11-13H2,1H3,(H,23,26)(H,24,25). The van der Waals surface area contributed by atoms with Crippen LogP contribution in [-0.4, -0.2) is 45.2 Å². The van der Waals surface area contributed by atoms with Gasteiger partial charge in [0.1, 0.15) is 5.75 Å². The van der Waals surface area contributed by atoms with Crippen LogP contribution in [0, 0.1) is 5.92 Å². The minimum atomic E-state index is -0.260. The van der Waals surface area contributed by atoms with Crippen LogP contribution in [0.2, 0.25) is 0 Å². The van der Waals surface area contributed by atoms with Crippen molar-refractivity contribution in [2.45, 2.75) is 12.3 Å². The summed E-state index contributed by atoms with van der Waals surface area (Å²) in [5.41, 5.74) is 2.85. The lowest BCUT2D eigenvalue weighted by molar-refractivity contribution is 0.0945. The van der Waals surface area contributed by atoms with Crippen LogP contribution in [0.5, 0.6) is 5.75 Å². The van der Waals surface area contributed by atoms with E-state index >= 15 is 0 Å². The topological polar surface area (TPSA) is 76.7 Å². The first-order valence-corrected chi connectivity index (χ1v) is 9.61. The van der Waals surface area contributed by atoms with Gasteiger partial charge in [0.05, 0.1) is 18.8 Å². The highest BCUT2D eigenvalue weighted by Gasteiger charge is 2.31. The molecule has 6 heteroatoms. The first-order chi connectivity index (χ1) is 13.7. The number of amides is 2. The largest absolute Gasteiger partial charge is 0.491 e. The van der Waals surface area contributed by atoms with Crippen LogP contribution in [-0.2, 0) is 4.74 Å². The van der Waals surface area contributed by atoms with Gasteiger partial charge in [-0.1, -0.05) is 30.3 Å². The van der Waals surface area contributed by atoms with Gasteiger partial charge in [0.15, 0.2) is 0 Å². The molecule has 2 heterocycles. The molecule has 2 aliphatic heterocycles. The molecule has 2 atom stereocenters. The van der Waals surface area contributed by atoms with Crippen molar-refractivity contribution in [1.29, 1.82) is 0 Å². The number of hydrogen-bond donors (Lipinski definition) is 2. The van der Waals surface area contributed by atoms with Crippen LogP contribution in [0.25, 0.3) is 0 Å². The van der Waals surface area contributed by atoms with Gasteiger partial charge in [-0.2, -0.15) is 0 Å². The van der Waals surface area contributed by atoms with E-state index in [1.165, 1.54) is 0 Å². The van der Waals surface area contributed by atoms with Crippen molar-refractivity contribution in [2.75, 3.05) is 33.4 Å². The second-order valence-electron chi connectivity index (χ2n) is 7.24. The molecule has 2 aromatic rings. The smallest absolute Gasteiger partial charge is 0.254 e. The molecule has 28 heavy (non-hydrogen) atoms. The Kier molecular flexibility index (Phi) is 5.30. The van der Waals surface area contributed by atoms with Crippen molar-refractivity contribution in [3.05, 3.63) is 64.7 Å². The van der Waals surface area contributed by atoms with E-state index in [1.807, 2.05) is 36.4 Å². The molecule has 2 unspecified atom stereocenters. The number of carbonyl (C=O) groups excluding carboxylic acids is 2. The van der Waals surface area contributed by atoms with Crippen LogP contribution in [0.15, 0.2) is 42.5 Å². The number of fused-ring (bicyclic) bond motifs is 1. The quantitative estimate of drug-likeness (QED) is 0.835. The van der Waals surface area contributed by atoms with E-state index in [-0.39, 0.29) is 17.7 Å². The van der Waals surface area contributed by atoms with E-state index in [1.54, 1.807) is 13.1 Å². The molecule has 0 aromatic heterocycles. The Bertz CT molecular complexity index is 876. The van der Waals surface area contributed by atoms with Gasteiger partial charge >= 0.3 is 0 Å². The Labute approximate surface area is 164 Å². The first-order valence-electron chi connectivity index (χ1n) is 9.61. The van der Waals surface area contributed by atoms with E-state index < -0.39 is 0 Å². The monoisotopic (exact) mass is 380 g/mol. The summed E-state index contributed by atoms with van der Waals surface area (Å²) < 4.78 is 11.2. The second-order valence-corrected chi connectivity index (χ2v) is 7.24. The predicted molar refractivity (Wildman–Crippen MR) is 105 cm³/mol. The van der Waals surface area contributed by atoms with E-state index in [2.05, 4.69) is 10.6 Å². The molecule has 6 nitrogen and oxygen atoms in total. The maximum absolute atomic E-state index is 12.8. The third-order valence-electron chi connectivity index (χ3n) is 5.40. The number of benzene rings is 2. The zero-order chi connectivity index (χ0) is 19.5.